The second-order valence-electron chi connectivity index (χ2n) is 5.86. The number of aromatic nitrogens is 3. The third kappa shape index (κ3) is 4.28. The van der Waals surface area contributed by atoms with Gasteiger partial charge in [-0.25, -0.2) is 9.97 Å². The fourth-order valence-corrected chi connectivity index (χ4v) is 2.88. The summed E-state index contributed by atoms with van der Waals surface area (Å²) in [5, 5.41) is 2.97. The number of carbonyl (C=O) groups excluding carboxylic acids is 1. The molecule has 0 aromatic carbocycles. The third-order valence-corrected chi connectivity index (χ3v) is 4.21. The number of nitrogens with two attached hydrogens (primary N) is 1. The summed E-state index contributed by atoms with van der Waals surface area (Å²) in [4.78, 5) is 27.2. The van der Waals surface area contributed by atoms with Crippen LogP contribution in [0.3, 0.4) is 0 Å². The minimum atomic E-state index is -0.216. The molecule has 8 nitrogen and oxygen atoms in total. The first-order chi connectivity index (χ1) is 12.1. The maximum Gasteiger partial charge on any atom is 0.254 e. The van der Waals surface area contributed by atoms with Crippen LogP contribution in [0.25, 0.3) is 0 Å². The zero-order chi connectivity index (χ0) is 17.6. The lowest BCUT2D eigenvalue weighted by atomic mass is 10.1. The number of nitrogens with one attached hydrogen (secondary N) is 1. The fraction of sp³-hybridized carbons (Fsp3) is 0.412. The van der Waals surface area contributed by atoms with E-state index in [1.807, 2.05) is 18.2 Å². The van der Waals surface area contributed by atoms with E-state index in [1.165, 1.54) is 6.20 Å². The van der Waals surface area contributed by atoms with E-state index >= 15 is 0 Å². The minimum absolute atomic E-state index is 0.0101. The van der Waals surface area contributed by atoms with Crippen molar-refractivity contribution in [3.63, 3.8) is 0 Å². The van der Waals surface area contributed by atoms with Gasteiger partial charge in [0.1, 0.15) is 0 Å². The summed E-state index contributed by atoms with van der Waals surface area (Å²) in [7, 11) is 0. The van der Waals surface area contributed by atoms with Gasteiger partial charge >= 0.3 is 0 Å². The molecule has 2 aromatic heterocycles. The summed E-state index contributed by atoms with van der Waals surface area (Å²) in [5.41, 5.74) is 7.46. The topological polar surface area (TPSA) is 106 Å². The number of ether oxygens (including phenoxy) is 1. The van der Waals surface area contributed by atoms with Crippen molar-refractivity contribution in [1.82, 2.24) is 25.2 Å². The number of hydrogen-bond donors (Lipinski definition) is 2. The number of nitrogens with zero attached hydrogens (tertiary/aromatic N) is 4. The van der Waals surface area contributed by atoms with Gasteiger partial charge in [-0.2, -0.15) is 0 Å². The maximum absolute atomic E-state index is 12.5. The van der Waals surface area contributed by atoms with Gasteiger partial charge in [0.25, 0.3) is 5.91 Å². The van der Waals surface area contributed by atoms with E-state index in [1.54, 1.807) is 13.1 Å². The quantitative estimate of drug-likeness (QED) is 0.818. The summed E-state index contributed by atoms with van der Waals surface area (Å²) in [5.74, 6) is -0.0552. The van der Waals surface area contributed by atoms with Crippen LogP contribution >= 0.6 is 0 Å². The number of carbonyl (C=O) groups is 1. The first-order valence-corrected chi connectivity index (χ1v) is 8.25. The number of hydrogen-bond acceptors (Lipinski definition) is 7. The van der Waals surface area contributed by atoms with Crippen molar-refractivity contribution in [2.24, 2.45) is 0 Å². The minimum Gasteiger partial charge on any atom is -0.379 e. The Bertz CT molecular complexity index is 718. The third-order valence-electron chi connectivity index (χ3n) is 4.21. The lowest BCUT2D eigenvalue weighted by Crippen LogP contribution is -2.44. The van der Waals surface area contributed by atoms with E-state index in [0.717, 1.165) is 18.8 Å². The number of amides is 1. The maximum atomic E-state index is 12.5. The van der Waals surface area contributed by atoms with Crippen LogP contribution in [0.15, 0.2) is 30.6 Å². The molecule has 132 valence electrons. The van der Waals surface area contributed by atoms with Crippen LogP contribution in [0, 0.1) is 6.92 Å². The van der Waals surface area contributed by atoms with Crippen LogP contribution in [0.5, 0.6) is 0 Å². The zero-order valence-electron chi connectivity index (χ0n) is 14.2. The number of morpholine rings is 1. The van der Waals surface area contributed by atoms with Crippen LogP contribution in [-0.4, -0.2) is 58.6 Å². The molecule has 0 unspecified atom stereocenters. The highest BCUT2D eigenvalue weighted by molar-refractivity contribution is 5.95. The Morgan fingerprint density at radius 3 is 2.84 bits per heavy atom. The molecule has 0 bridgehead atoms. The van der Waals surface area contributed by atoms with E-state index in [-0.39, 0.29) is 17.9 Å². The molecule has 25 heavy (non-hydrogen) atoms. The van der Waals surface area contributed by atoms with Gasteiger partial charge in [0.05, 0.1) is 36.2 Å². The first kappa shape index (κ1) is 17.2. The van der Waals surface area contributed by atoms with E-state index in [2.05, 4.69) is 25.2 Å². The molecular weight excluding hydrogens is 320 g/mol. The number of anilines is 1. The molecule has 2 aromatic rings. The highest BCUT2D eigenvalue weighted by atomic mass is 16.5. The summed E-state index contributed by atoms with van der Waals surface area (Å²) >= 11 is 0. The zero-order valence-corrected chi connectivity index (χ0v) is 14.2. The van der Waals surface area contributed by atoms with Crippen molar-refractivity contribution < 1.29 is 9.53 Å². The van der Waals surface area contributed by atoms with Crippen LogP contribution in [0.4, 0.5) is 5.95 Å². The summed E-state index contributed by atoms with van der Waals surface area (Å²) in [6.07, 6.45) is 3.22. The van der Waals surface area contributed by atoms with Gasteiger partial charge in [0.15, 0.2) is 0 Å². The molecule has 0 radical (unpaired) electrons. The standard InChI is InChI=1S/C17H22N6O2/c1-12-13(10-21-17(18)22-12)16(24)20-11-15(14-4-2-3-5-19-14)23-6-8-25-9-7-23/h2-5,10,15H,6-9,11H2,1H3,(H,20,24)(H2,18,21,22)/t15-/m0/s1. The van der Waals surface area contributed by atoms with Crippen molar-refractivity contribution in [2.45, 2.75) is 13.0 Å². The molecule has 8 heteroatoms. The Kier molecular flexibility index (Phi) is 5.52. The Morgan fingerprint density at radius 1 is 1.36 bits per heavy atom. The second-order valence-corrected chi connectivity index (χ2v) is 5.86. The van der Waals surface area contributed by atoms with E-state index in [0.29, 0.717) is 31.0 Å². The van der Waals surface area contributed by atoms with Crippen molar-refractivity contribution in [2.75, 3.05) is 38.6 Å². The smallest absolute Gasteiger partial charge is 0.254 e. The summed E-state index contributed by atoms with van der Waals surface area (Å²) in [6, 6.07) is 5.80. The second kappa shape index (κ2) is 8.00. The van der Waals surface area contributed by atoms with Crippen LogP contribution in [-0.2, 0) is 4.74 Å². The molecule has 3 N–H and O–H groups in total. The number of pyridine rings is 1. The Labute approximate surface area is 146 Å². The molecule has 1 aliphatic rings. The van der Waals surface area contributed by atoms with Crippen molar-refractivity contribution in [3.8, 4) is 0 Å². The number of nitrogen functional groups attached to an aromatic ring is 1. The highest BCUT2D eigenvalue weighted by Crippen LogP contribution is 2.19. The Hall–Kier alpha value is -2.58. The lowest BCUT2D eigenvalue weighted by molar-refractivity contribution is 0.0154. The summed E-state index contributed by atoms with van der Waals surface area (Å²) in [6.45, 7) is 5.16. The van der Waals surface area contributed by atoms with E-state index in [4.69, 9.17) is 10.5 Å². The lowest BCUT2D eigenvalue weighted by Gasteiger charge is -2.34. The molecule has 1 amide bonds. The molecular formula is C17H22N6O2. The largest absolute Gasteiger partial charge is 0.379 e. The van der Waals surface area contributed by atoms with Crippen molar-refractivity contribution in [3.05, 3.63) is 47.5 Å². The highest BCUT2D eigenvalue weighted by Gasteiger charge is 2.24. The monoisotopic (exact) mass is 342 g/mol. The Morgan fingerprint density at radius 2 is 2.16 bits per heavy atom. The molecule has 1 atom stereocenters. The fourth-order valence-electron chi connectivity index (χ4n) is 2.88. The van der Waals surface area contributed by atoms with Crippen LogP contribution < -0.4 is 11.1 Å². The first-order valence-electron chi connectivity index (χ1n) is 8.25. The van der Waals surface area contributed by atoms with Gasteiger partial charge in [0, 0.05) is 32.0 Å². The SMILES string of the molecule is Cc1nc(N)ncc1C(=O)NC[C@@H](c1ccccn1)N1CCOCC1. The Balaban J connectivity index is 1.72. The predicted octanol–water partition coefficient (Wildman–Crippen LogP) is 0.566. The van der Waals surface area contributed by atoms with Crippen LogP contribution in [0.2, 0.25) is 0 Å². The van der Waals surface area contributed by atoms with Gasteiger partial charge in [-0.05, 0) is 19.1 Å². The normalized spacial score (nSPS) is 16.4. The van der Waals surface area contributed by atoms with Gasteiger partial charge in [-0.1, -0.05) is 6.07 Å². The molecule has 3 rings (SSSR count). The van der Waals surface area contributed by atoms with Gasteiger partial charge < -0.3 is 15.8 Å². The van der Waals surface area contributed by atoms with Crippen LogP contribution in [0.1, 0.15) is 27.8 Å². The van der Waals surface area contributed by atoms with E-state index < -0.39 is 0 Å². The van der Waals surface area contributed by atoms with Crippen molar-refractivity contribution in [1.29, 1.82) is 0 Å². The van der Waals surface area contributed by atoms with Gasteiger partial charge in [0.2, 0.25) is 5.95 Å². The van der Waals surface area contributed by atoms with Crippen molar-refractivity contribution >= 4 is 11.9 Å². The average molecular weight is 342 g/mol. The molecule has 1 aliphatic heterocycles. The molecule has 1 fully saturated rings. The number of aryl methyl sites for hydroxylation is 1. The predicted molar refractivity (Wildman–Crippen MR) is 92.9 cm³/mol. The van der Waals surface area contributed by atoms with Gasteiger partial charge in [-0.15, -0.1) is 0 Å². The molecule has 0 saturated carbocycles. The van der Waals surface area contributed by atoms with E-state index in [9.17, 15) is 4.79 Å². The number of rotatable bonds is 5. The van der Waals surface area contributed by atoms with Gasteiger partial charge in [-0.3, -0.25) is 14.7 Å². The molecule has 3 heterocycles. The molecule has 0 spiro atoms. The molecule has 0 aliphatic carbocycles. The summed E-state index contributed by atoms with van der Waals surface area (Å²) < 4.78 is 5.43. The average Bonchev–Trinajstić information content (AvgIpc) is 2.63. The molecule has 1 saturated heterocycles.